The van der Waals surface area contributed by atoms with Gasteiger partial charge in [0.2, 0.25) is 0 Å². The van der Waals surface area contributed by atoms with Crippen LogP contribution in [0.5, 0.6) is 11.5 Å². The summed E-state index contributed by atoms with van der Waals surface area (Å²) in [5.41, 5.74) is 0.176. The quantitative estimate of drug-likeness (QED) is 0.417. The van der Waals surface area contributed by atoms with E-state index in [1.165, 1.54) is 36.5 Å². The van der Waals surface area contributed by atoms with Crippen LogP contribution in [0.1, 0.15) is 33.6 Å². The van der Waals surface area contributed by atoms with Crippen molar-refractivity contribution >= 4 is 34.9 Å². The second-order valence-electron chi connectivity index (χ2n) is 7.71. The molecule has 2 heterocycles. The topological polar surface area (TPSA) is 113 Å². The highest BCUT2D eigenvalue weighted by Crippen LogP contribution is 2.28. The Morgan fingerprint density at radius 3 is 2.53 bits per heavy atom. The zero-order valence-electron chi connectivity index (χ0n) is 18.0. The first-order valence-corrected chi connectivity index (χ1v) is 11.0. The molecule has 1 aliphatic heterocycles. The van der Waals surface area contributed by atoms with Gasteiger partial charge in [0.25, 0.3) is 11.8 Å². The van der Waals surface area contributed by atoms with Gasteiger partial charge in [-0.15, -0.1) is 0 Å². The van der Waals surface area contributed by atoms with E-state index < -0.39 is 17.6 Å². The van der Waals surface area contributed by atoms with Gasteiger partial charge in [-0.3, -0.25) is 9.59 Å². The highest BCUT2D eigenvalue weighted by Gasteiger charge is 2.22. The summed E-state index contributed by atoms with van der Waals surface area (Å²) in [7, 11) is 0. The van der Waals surface area contributed by atoms with E-state index in [1.807, 2.05) is 0 Å². The number of phenols is 1. The van der Waals surface area contributed by atoms with Gasteiger partial charge in [-0.1, -0.05) is 11.6 Å². The lowest BCUT2D eigenvalue weighted by atomic mass is 10.1. The number of pyridine rings is 1. The minimum Gasteiger partial charge on any atom is -0.508 e. The molecule has 0 radical (unpaired) electrons. The van der Waals surface area contributed by atoms with Gasteiger partial charge in [-0.25, -0.2) is 9.37 Å². The smallest absolute Gasteiger partial charge is 0.259 e. The molecule has 10 heteroatoms. The molecule has 4 N–H and O–H groups in total. The molecule has 3 aromatic rings. The van der Waals surface area contributed by atoms with E-state index >= 15 is 0 Å². The number of nitrogens with zero attached hydrogens (tertiary/aromatic N) is 1. The molecule has 0 aliphatic carbocycles. The molecule has 0 spiro atoms. The summed E-state index contributed by atoms with van der Waals surface area (Å²) in [6, 6.07) is 10.7. The molecule has 2 aromatic carbocycles. The molecular formula is C24H22ClFN4O4. The fourth-order valence-electron chi connectivity index (χ4n) is 3.53. The van der Waals surface area contributed by atoms with Crippen LogP contribution in [0.3, 0.4) is 0 Å². The number of carbonyl (C=O) groups is 2. The minimum absolute atomic E-state index is 0.0437. The zero-order valence-corrected chi connectivity index (χ0v) is 18.7. The van der Waals surface area contributed by atoms with Gasteiger partial charge < -0.3 is 25.8 Å². The SMILES string of the molecule is O=C(Nc1ccc(Cl)cn1)c1cc(F)ccc1NC(=O)c1ccc(O)cc1OC1CCNCC1. The number of phenolic OH excluding ortho intramolecular Hbond substituents is 1. The fourth-order valence-corrected chi connectivity index (χ4v) is 3.64. The third-order valence-electron chi connectivity index (χ3n) is 5.23. The largest absolute Gasteiger partial charge is 0.508 e. The van der Waals surface area contributed by atoms with Crippen molar-refractivity contribution in [3.63, 3.8) is 0 Å². The maximum absolute atomic E-state index is 13.9. The molecule has 0 atom stereocenters. The maximum Gasteiger partial charge on any atom is 0.259 e. The van der Waals surface area contributed by atoms with Crippen LogP contribution in [0.2, 0.25) is 5.02 Å². The molecule has 0 saturated carbocycles. The second-order valence-corrected chi connectivity index (χ2v) is 8.14. The van der Waals surface area contributed by atoms with Gasteiger partial charge in [-0.2, -0.15) is 0 Å². The third kappa shape index (κ3) is 5.81. The summed E-state index contributed by atoms with van der Waals surface area (Å²) in [4.78, 5) is 29.9. The van der Waals surface area contributed by atoms with Gasteiger partial charge in [0.05, 0.1) is 21.8 Å². The number of piperidine rings is 1. The monoisotopic (exact) mass is 484 g/mol. The van der Waals surface area contributed by atoms with Crippen LogP contribution in [-0.2, 0) is 0 Å². The maximum atomic E-state index is 13.9. The molecule has 176 valence electrons. The number of carbonyl (C=O) groups excluding carboxylic acids is 2. The summed E-state index contributed by atoms with van der Waals surface area (Å²) in [5.74, 6) is -1.49. The molecule has 2 amide bonds. The number of amides is 2. The normalized spacial score (nSPS) is 13.8. The molecule has 8 nitrogen and oxygen atoms in total. The van der Waals surface area contributed by atoms with E-state index in [9.17, 15) is 19.1 Å². The van der Waals surface area contributed by atoms with Crippen molar-refractivity contribution in [1.82, 2.24) is 10.3 Å². The third-order valence-corrected chi connectivity index (χ3v) is 5.46. The second kappa shape index (κ2) is 10.5. The summed E-state index contributed by atoms with van der Waals surface area (Å²) in [6.07, 6.45) is 2.78. The van der Waals surface area contributed by atoms with Crippen LogP contribution >= 0.6 is 11.6 Å². The van der Waals surface area contributed by atoms with Crippen LogP contribution in [0, 0.1) is 5.82 Å². The summed E-state index contributed by atoms with van der Waals surface area (Å²) in [6.45, 7) is 1.59. The highest BCUT2D eigenvalue weighted by atomic mass is 35.5. The number of benzene rings is 2. The lowest BCUT2D eigenvalue weighted by Crippen LogP contribution is -2.34. The molecule has 0 bridgehead atoms. The van der Waals surface area contributed by atoms with E-state index in [0.29, 0.717) is 5.02 Å². The van der Waals surface area contributed by atoms with E-state index in [-0.39, 0.29) is 40.2 Å². The number of aromatic nitrogens is 1. The Labute approximate surface area is 200 Å². The first-order chi connectivity index (χ1) is 16.4. The number of aromatic hydroxyl groups is 1. The average molecular weight is 485 g/mol. The number of halogens is 2. The van der Waals surface area contributed by atoms with Crippen LogP contribution in [-0.4, -0.2) is 41.1 Å². The van der Waals surface area contributed by atoms with Crippen LogP contribution in [0.15, 0.2) is 54.7 Å². The fraction of sp³-hybridized carbons (Fsp3) is 0.208. The van der Waals surface area contributed by atoms with Crippen molar-refractivity contribution in [3.05, 3.63) is 76.7 Å². The van der Waals surface area contributed by atoms with E-state index in [0.717, 1.165) is 38.1 Å². The number of rotatable bonds is 6. The first kappa shape index (κ1) is 23.5. The Balaban J connectivity index is 1.56. The van der Waals surface area contributed by atoms with Crippen molar-refractivity contribution in [1.29, 1.82) is 0 Å². The van der Waals surface area contributed by atoms with Gasteiger partial charge in [0.1, 0.15) is 29.2 Å². The molecule has 1 saturated heterocycles. The van der Waals surface area contributed by atoms with Crippen molar-refractivity contribution in [2.75, 3.05) is 23.7 Å². The van der Waals surface area contributed by atoms with Gasteiger partial charge in [0, 0.05) is 12.3 Å². The number of hydrogen-bond donors (Lipinski definition) is 4. The molecule has 4 rings (SSSR count). The van der Waals surface area contributed by atoms with Crippen molar-refractivity contribution in [2.45, 2.75) is 18.9 Å². The summed E-state index contributed by atoms with van der Waals surface area (Å²) >= 11 is 5.81. The van der Waals surface area contributed by atoms with Gasteiger partial charge >= 0.3 is 0 Å². The Kier molecular flexibility index (Phi) is 7.24. The Morgan fingerprint density at radius 2 is 1.79 bits per heavy atom. The average Bonchev–Trinajstić information content (AvgIpc) is 2.82. The molecule has 0 unspecified atom stereocenters. The summed E-state index contributed by atoms with van der Waals surface area (Å²) < 4.78 is 19.9. The Bertz CT molecular complexity index is 1200. The van der Waals surface area contributed by atoms with Crippen molar-refractivity contribution in [2.24, 2.45) is 0 Å². The highest BCUT2D eigenvalue weighted by molar-refractivity contribution is 6.30. The molecule has 34 heavy (non-hydrogen) atoms. The zero-order chi connectivity index (χ0) is 24.1. The van der Waals surface area contributed by atoms with E-state index in [4.69, 9.17) is 16.3 Å². The van der Waals surface area contributed by atoms with E-state index in [2.05, 4.69) is 20.9 Å². The first-order valence-electron chi connectivity index (χ1n) is 10.6. The molecule has 1 fully saturated rings. The number of anilines is 2. The van der Waals surface area contributed by atoms with Crippen LogP contribution in [0.4, 0.5) is 15.9 Å². The molecular weight excluding hydrogens is 463 g/mol. The lowest BCUT2D eigenvalue weighted by molar-refractivity contribution is 0.101. The van der Waals surface area contributed by atoms with Gasteiger partial charge in [-0.05, 0) is 68.4 Å². The number of hydrogen-bond acceptors (Lipinski definition) is 6. The molecule has 1 aliphatic rings. The summed E-state index contributed by atoms with van der Waals surface area (Å²) in [5, 5.41) is 18.7. The standard InChI is InChI=1S/C24H22ClFN4O4/c25-14-1-6-22(28-13-14)30-24(33)19-11-15(26)2-5-20(19)29-23(32)18-4-3-16(31)12-21(18)34-17-7-9-27-10-8-17/h1-6,11-13,17,27,31H,7-10H2,(H,29,32)(H,28,30,33). The minimum atomic E-state index is -0.665. The van der Waals surface area contributed by atoms with Gasteiger partial charge in [0.15, 0.2) is 0 Å². The Hall–Kier alpha value is -3.69. The van der Waals surface area contributed by atoms with Crippen molar-refractivity contribution in [3.8, 4) is 11.5 Å². The van der Waals surface area contributed by atoms with Crippen molar-refractivity contribution < 1.29 is 23.8 Å². The van der Waals surface area contributed by atoms with Crippen LogP contribution < -0.4 is 20.7 Å². The van der Waals surface area contributed by atoms with Crippen LogP contribution in [0.25, 0.3) is 0 Å². The predicted molar refractivity (Wildman–Crippen MR) is 126 cm³/mol. The Morgan fingerprint density at radius 1 is 1.03 bits per heavy atom. The predicted octanol–water partition coefficient (Wildman–Crippen LogP) is 4.22. The lowest BCUT2D eigenvalue weighted by Gasteiger charge is -2.25. The molecule has 1 aromatic heterocycles. The number of nitrogens with one attached hydrogen (secondary N) is 3. The van der Waals surface area contributed by atoms with E-state index in [1.54, 1.807) is 6.07 Å². The number of ether oxygens (including phenoxy) is 1.